The van der Waals surface area contributed by atoms with Crippen LogP contribution in [0.4, 0.5) is 4.79 Å². The predicted molar refractivity (Wildman–Crippen MR) is 72.7 cm³/mol. The zero-order valence-electron chi connectivity index (χ0n) is 11.0. The van der Waals surface area contributed by atoms with E-state index in [-0.39, 0.29) is 12.1 Å². The Kier molecular flexibility index (Phi) is 3.64. The topological polar surface area (TPSA) is 57.3 Å². The minimum atomic E-state index is 0.0326. The minimum Gasteiger partial charge on any atom is -0.328 e. The molecule has 102 valence electrons. The summed E-state index contributed by atoms with van der Waals surface area (Å²) in [6.45, 7) is 2.67. The van der Waals surface area contributed by atoms with Gasteiger partial charge < -0.3 is 15.5 Å². The summed E-state index contributed by atoms with van der Waals surface area (Å²) in [4.78, 5) is 18.1. The molecule has 0 spiro atoms. The minimum absolute atomic E-state index is 0.0326. The lowest BCUT2D eigenvalue weighted by molar-refractivity contribution is 0.215. The molecule has 5 heteroatoms. The van der Waals surface area contributed by atoms with Crippen molar-refractivity contribution in [3.63, 3.8) is 0 Å². The molecule has 2 atom stereocenters. The van der Waals surface area contributed by atoms with Gasteiger partial charge in [-0.25, -0.2) is 4.79 Å². The number of carbonyl (C=O) groups is 1. The molecule has 2 aliphatic heterocycles. The van der Waals surface area contributed by atoms with Crippen LogP contribution in [0.25, 0.3) is 0 Å². The second kappa shape index (κ2) is 5.57. The average molecular weight is 260 g/mol. The molecular weight excluding hydrogens is 240 g/mol. The maximum atomic E-state index is 11.9. The Balaban J connectivity index is 1.54. The first kappa shape index (κ1) is 12.4. The van der Waals surface area contributed by atoms with Crippen LogP contribution < -0.4 is 10.6 Å². The third kappa shape index (κ3) is 2.87. The lowest BCUT2D eigenvalue weighted by Crippen LogP contribution is -2.33. The molecule has 0 radical (unpaired) electrons. The Morgan fingerprint density at radius 2 is 2.37 bits per heavy atom. The first-order chi connectivity index (χ1) is 9.33. The maximum absolute atomic E-state index is 11.9. The van der Waals surface area contributed by atoms with Gasteiger partial charge in [0.25, 0.3) is 0 Å². The lowest BCUT2D eigenvalue weighted by atomic mass is 10.1. The largest absolute Gasteiger partial charge is 0.328 e. The molecular formula is C14H20N4O. The van der Waals surface area contributed by atoms with Crippen molar-refractivity contribution in [2.24, 2.45) is 0 Å². The summed E-state index contributed by atoms with van der Waals surface area (Å²) in [5, 5.41) is 6.47. The van der Waals surface area contributed by atoms with Crippen molar-refractivity contribution >= 4 is 6.03 Å². The zero-order valence-corrected chi connectivity index (χ0v) is 11.0. The van der Waals surface area contributed by atoms with Gasteiger partial charge in [-0.3, -0.25) is 4.98 Å². The third-order valence-electron chi connectivity index (χ3n) is 3.94. The van der Waals surface area contributed by atoms with Gasteiger partial charge in [-0.2, -0.15) is 0 Å². The molecule has 2 fully saturated rings. The molecule has 0 bridgehead atoms. The van der Waals surface area contributed by atoms with Crippen LogP contribution in [-0.2, 0) is 0 Å². The third-order valence-corrected chi connectivity index (χ3v) is 3.94. The number of hydrogen-bond donors (Lipinski definition) is 2. The van der Waals surface area contributed by atoms with E-state index >= 15 is 0 Å². The normalized spacial score (nSPS) is 26.7. The number of carbonyl (C=O) groups excluding carboxylic acids is 1. The van der Waals surface area contributed by atoms with Gasteiger partial charge in [-0.05, 0) is 37.9 Å². The van der Waals surface area contributed by atoms with Gasteiger partial charge in [0.2, 0.25) is 0 Å². The first-order valence-corrected chi connectivity index (χ1v) is 7.02. The Labute approximate surface area is 113 Å². The fourth-order valence-corrected chi connectivity index (χ4v) is 2.85. The highest BCUT2D eigenvalue weighted by Gasteiger charge is 2.30. The van der Waals surface area contributed by atoms with Crippen LogP contribution >= 0.6 is 0 Å². The van der Waals surface area contributed by atoms with Crippen molar-refractivity contribution in [2.45, 2.75) is 31.3 Å². The summed E-state index contributed by atoms with van der Waals surface area (Å²) < 4.78 is 0. The number of pyridine rings is 1. The van der Waals surface area contributed by atoms with Crippen LogP contribution in [0.3, 0.4) is 0 Å². The van der Waals surface area contributed by atoms with Gasteiger partial charge in [0, 0.05) is 25.3 Å². The van der Waals surface area contributed by atoms with Crippen molar-refractivity contribution in [1.82, 2.24) is 20.5 Å². The van der Waals surface area contributed by atoms with Gasteiger partial charge in [0.1, 0.15) is 0 Å². The molecule has 19 heavy (non-hydrogen) atoms. The van der Waals surface area contributed by atoms with Crippen molar-refractivity contribution in [1.29, 1.82) is 0 Å². The Morgan fingerprint density at radius 3 is 3.11 bits per heavy atom. The predicted octanol–water partition coefficient (Wildman–Crippen LogP) is 1.29. The highest BCUT2D eigenvalue weighted by molar-refractivity contribution is 5.77. The van der Waals surface area contributed by atoms with E-state index in [2.05, 4.69) is 15.6 Å². The smallest absolute Gasteiger partial charge is 0.318 e. The van der Waals surface area contributed by atoms with Crippen molar-refractivity contribution < 1.29 is 4.79 Å². The van der Waals surface area contributed by atoms with Crippen LogP contribution in [0.1, 0.15) is 31.0 Å². The fraction of sp³-hybridized carbons (Fsp3) is 0.571. The van der Waals surface area contributed by atoms with Crippen molar-refractivity contribution in [3.05, 3.63) is 30.1 Å². The molecule has 1 aromatic rings. The molecule has 2 amide bonds. The molecule has 0 saturated carbocycles. The second-order valence-corrected chi connectivity index (χ2v) is 5.28. The number of nitrogens with zero attached hydrogens (tertiary/aromatic N) is 2. The molecule has 3 rings (SSSR count). The summed E-state index contributed by atoms with van der Waals surface area (Å²) in [5.74, 6) is 0. The van der Waals surface area contributed by atoms with Crippen molar-refractivity contribution in [2.75, 3.05) is 19.6 Å². The summed E-state index contributed by atoms with van der Waals surface area (Å²) in [6.07, 6.45) is 5.31. The molecule has 5 nitrogen and oxygen atoms in total. The summed E-state index contributed by atoms with van der Waals surface area (Å²) in [5.41, 5.74) is 0.942. The number of urea groups is 1. The fourth-order valence-electron chi connectivity index (χ4n) is 2.85. The van der Waals surface area contributed by atoms with E-state index in [1.54, 1.807) is 6.20 Å². The first-order valence-electron chi connectivity index (χ1n) is 7.02. The Morgan fingerprint density at radius 1 is 1.42 bits per heavy atom. The van der Waals surface area contributed by atoms with Gasteiger partial charge >= 0.3 is 6.03 Å². The molecule has 3 heterocycles. The zero-order chi connectivity index (χ0) is 13.1. The molecule has 0 aliphatic carbocycles. The van der Waals surface area contributed by atoms with E-state index in [0.29, 0.717) is 6.04 Å². The highest BCUT2D eigenvalue weighted by Crippen LogP contribution is 2.19. The molecule has 2 N–H and O–H groups in total. The molecule has 1 aromatic heterocycles. The monoisotopic (exact) mass is 260 g/mol. The van der Waals surface area contributed by atoms with E-state index in [0.717, 1.165) is 31.7 Å². The van der Waals surface area contributed by atoms with E-state index in [9.17, 15) is 4.79 Å². The number of amides is 2. The van der Waals surface area contributed by atoms with Crippen molar-refractivity contribution in [3.8, 4) is 0 Å². The Bertz CT molecular complexity index is 430. The van der Waals surface area contributed by atoms with Crippen LogP contribution in [0.2, 0.25) is 0 Å². The quantitative estimate of drug-likeness (QED) is 0.857. The lowest BCUT2D eigenvalue weighted by Gasteiger charge is -2.17. The summed E-state index contributed by atoms with van der Waals surface area (Å²) in [6, 6.07) is 6.47. The second-order valence-electron chi connectivity index (χ2n) is 5.28. The number of hydrogen-bond acceptors (Lipinski definition) is 3. The average Bonchev–Trinajstić information content (AvgIpc) is 3.07. The van der Waals surface area contributed by atoms with Gasteiger partial charge in [0.05, 0.1) is 11.7 Å². The van der Waals surface area contributed by atoms with Crippen LogP contribution in [-0.4, -0.2) is 41.6 Å². The number of nitrogens with one attached hydrogen (secondary N) is 2. The molecule has 0 aromatic carbocycles. The molecule has 2 aliphatic rings. The van der Waals surface area contributed by atoms with Gasteiger partial charge in [-0.1, -0.05) is 6.07 Å². The SMILES string of the molecule is O=C1NC(c2ccccn2)CN1CCC1CCCN1. The van der Waals surface area contributed by atoms with Crippen LogP contribution in [0, 0.1) is 0 Å². The van der Waals surface area contributed by atoms with Crippen LogP contribution in [0.5, 0.6) is 0 Å². The van der Waals surface area contributed by atoms with E-state index < -0.39 is 0 Å². The summed E-state index contributed by atoms with van der Waals surface area (Å²) >= 11 is 0. The van der Waals surface area contributed by atoms with E-state index in [4.69, 9.17) is 0 Å². The molecule has 2 saturated heterocycles. The van der Waals surface area contributed by atoms with Gasteiger partial charge in [-0.15, -0.1) is 0 Å². The highest BCUT2D eigenvalue weighted by atomic mass is 16.2. The number of aromatic nitrogens is 1. The van der Waals surface area contributed by atoms with E-state index in [1.807, 2.05) is 23.1 Å². The van der Waals surface area contributed by atoms with Crippen LogP contribution in [0.15, 0.2) is 24.4 Å². The maximum Gasteiger partial charge on any atom is 0.318 e. The van der Waals surface area contributed by atoms with E-state index in [1.165, 1.54) is 12.8 Å². The van der Waals surface area contributed by atoms with Gasteiger partial charge in [0.15, 0.2) is 0 Å². The standard InChI is InChI=1S/C14H20N4O/c19-14-17-13(12-5-1-2-7-16-12)10-18(14)9-6-11-4-3-8-15-11/h1-2,5,7,11,13,15H,3-4,6,8-10H2,(H,17,19). The Hall–Kier alpha value is -1.62. The molecule has 2 unspecified atom stereocenters. The summed E-state index contributed by atoms with van der Waals surface area (Å²) in [7, 11) is 0. The number of rotatable bonds is 4.